The van der Waals surface area contributed by atoms with E-state index in [1.807, 2.05) is 13.0 Å². The van der Waals surface area contributed by atoms with Crippen LogP contribution < -0.4 is 9.47 Å². The quantitative estimate of drug-likeness (QED) is 0.810. The van der Waals surface area contributed by atoms with Gasteiger partial charge in [0.05, 0.1) is 30.9 Å². The molecule has 1 aromatic heterocycles. The molecule has 2 aromatic rings. The van der Waals surface area contributed by atoms with Crippen LogP contribution in [0.5, 0.6) is 11.6 Å². The molecule has 2 rings (SSSR count). The first kappa shape index (κ1) is 11.2. The van der Waals surface area contributed by atoms with Gasteiger partial charge < -0.3 is 9.47 Å². The highest BCUT2D eigenvalue weighted by atomic mass is 16.5. The summed E-state index contributed by atoms with van der Waals surface area (Å²) in [5.41, 5.74) is 1.39. The van der Waals surface area contributed by atoms with Crippen molar-refractivity contribution in [2.75, 3.05) is 13.7 Å². The van der Waals surface area contributed by atoms with Crippen molar-refractivity contribution < 1.29 is 9.47 Å². The lowest BCUT2D eigenvalue weighted by molar-refractivity contribution is 0.305. The molecule has 0 aliphatic rings. The first-order chi connectivity index (χ1) is 8.28. The molecule has 0 aliphatic heterocycles. The van der Waals surface area contributed by atoms with Crippen molar-refractivity contribution >= 4 is 10.9 Å². The van der Waals surface area contributed by atoms with Gasteiger partial charge in [-0.2, -0.15) is 5.26 Å². The molecule has 0 saturated carbocycles. The van der Waals surface area contributed by atoms with Gasteiger partial charge in [-0.3, -0.25) is 0 Å². The van der Waals surface area contributed by atoms with Crippen LogP contribution in [0.4, 0.5) is 0 Å². The van der Waals surface area contributed by atoms with Crippen LogP contribution in [-0.2, 0) is 0 Å². The summed E-state index contributed by atoms with van der Waals surface area (Å²) in [5, 5.41) is 9.71. The SMILES string of the molecule is CCOc1cc2cc(C#N)ccc2nc1OC. The van der Waals surface area contributed by atoms with Gasteiger partial charge in [0.1, 0.15) is 0 Å². The molecular weight excluding hydrogens is 216 g/mol. The first-order valence-corrected chi connectivity index (χ1v) is 5.30. The Kier molecular flexibility index (Phi) is 3.10. The molecule has 0 fully saturated rings. The number of benzene rings is 1. The van der Waals surface area contributed by atoms with Crippen LogP contribution in [0.15, 0.2) is 24.3 Å². The molecular formula is C13H12N2O2. The first-order valence-electron chi connectivity index (χ1n) is 5.30. The molecule has 0 unspecified atom stereocenters. The lowest BCUT2D eigenvalue weighted by Crippen LogP contribution is -1.97. The van der Waals surface area contributed by atoms with E-state index < -0.39 is 0 Å². The molecule has 1 heterocycles. The number of ether oxygens (including phenoxy) is 2. The van der Waals surface area contributed by atoms with Gasteiger partial charge in [-0.25, -0.2) is 4.98 Å². The van der Waals surface area contributed by atoms with Gasteiger partial charge in [0.15, 0.2) is 5.75 Å². The van der Waals surface area contributed by atoms with E-state index >= 15 is 0 Å². The van der Waals surface area contributed by atoms with Crippen LogP contribution in [0.2, 0.25) is 0 Å². The molecule has 86 valence electrons. The van der Waals surface area contributed by atoms with Gasteiger partial charge in [0, 0.05) is 5.39 Å². The number of rotatable bonds is 3. The maximum Gasteiger partial charge on any atom is 0.257 e. The van der Waals surface area contributed by atoms with E-state index in [0.29, 0.717) is 23.8 Å². The Morgan fingerprint density at radius 2 is 2.18 bits per heavy atom. The molecule has 4 heteroatoms. The number of nitriles is 1. The number of aromatic nitrogens is 1. The standard InChI is InChI=1S/C13H12N2O2/c1-3-17-12-7-10-6-9(8-14)4-5-11(10)15-13(12)16-2/h4-7H,3H2,1-2H3. The van der Waals surface area contributed by atoms with E-state index in [1.54, 1.807) is 25.3 Å². The predicted molar refractivity (Wildman–Crippen MR) is 64.2 cm³/mol. The molecule has 1 aromatic carbocycles. The monoisotopic (exact) mass is 228 g/mol. The van der Waals surface area contributed by atoms with Crippen LogP contribution in [0.3, 0.4) is 0 Å². The van der Waals surface area contributed by atoms with E-state index in [9.17, 15) is 0 Å². The van der Waals surface area contributed by atoms with Crippen LogP contribution in [0.25, 0.3) is 10.9 Å². The molecule has 0 amide bonds. The van der Waals surface area contributed by atoms with Crippen LogP contribution in [0, 0.1) is 11.3 Å². The summed E-state index contributed by atoms with van der Waals surface area (Å²) in [4.78, 5) is 4.33. The summed E-state index contributed by atoms with van der Waals surface area (Å²) in [6.45, 7) is 2.44. The zero-order chi connectivity index (χ0) is 12.3. The zero-order valence-electron chi connectivity index (χ0n) is 9.73. The Morgan fingerprint density at radius 3 is 2.82 bits per heavy atom. The van der Waals surface area contributed by atoms with Gasteiger partial charge in [-0.15, -0.1) is 0 Å². The van der Waals surface area contributed by atoms with E-state index in [4.69, 9.17) is 14.7 Å². The minimum Gasteiger partial charge on any atom is -0.488 e. The fourth-order valence-corrected chi connectivity index (χ4v) is 1.61. The van der Waals surface area contributed by atoms with E-state index in [-0.39, 0.29) is 0 Å². The lowest BCUT2D eigenvalue weighted by Gasteiger charge is -2.09. The molecule has 0 atom stereocenters. The van der Waals surface area contributed by atoms with Crippen molar-refractivity contribution in [3.8, 4) is 17.7 Å². The summed E-state index contributed by atoms with van der Waals surface area (Å²) in [6.07, 6.45) is 0. The topological polar surface area (TPSA) is 55.1 Å². The van der Waals surface area contributed by atoms with Crippen LogP contribution >= 0.6 is 0 Å². The van der Waals surface area contributed by atoms with Gasteiger partial charge in [0.25, 0.3) is 5.88 Å². The Bertz CT molecular complexity index is 588. The van der Waals surface area contributed by atoms with E-state index in [1.165, 1.54) is 0 Å². The number of pyridine rings is 1. The van der Waals surface area contributed by atoms with Crippen molar-refractivity contribution in [3.05, 3.63) is 29.8 Å². The summed E-state index contributed by atoms with van der Waals surface area (Å²) in [5.74, 6) is 1.06. The predicted octanol–water partition coefficient (Wildman–Crippen LogP) is 2.51. The Hall–Kier alpha value is -2.28. The molecule has 0 radical (unpaired) electrons. The highest BCUT2D eigenvalue weighted by Gasteiger charge is 2.08. The van der Waals surface area contributed by atoms with Gasteiger partial charge in [-0.1, -0.05) is 0 Å². The molecule has 0 N–H and O–H groups in total. The maximum absolute atomic E-state index is 8.84. The average Bonchev–Trinajstić information content (AvgIpc) is 2.37. The van der Waals surface area contributed by atoms with Crippen molar-refractivity contribution in [1.82, 2.24) is 4.98 Å². The molecule has 0 bridgehead atoms. The number of nitrogens with zero attached hydrogens (tertiary/aromatic N) is 2. The Morgan fingerprint density at radius 1 is 1.35 bits per heavy atom. The second-order valence-corrected chi connectivity index (χ2v) is 3.45. The number of fused-ring (bicyclic) bond motifs is 1. The molecule has 0 spiro atoms. The molecule has 0 aliphatic carbocycles. The van der Waals surface area contributed by atoms with E-state index in [0.717, 1.165) is 10.9 Å². The zero-order valence-corrected chi connectivity index (χ0v) is 9.73. The minimum atomic E-state index is 0.462. The number of hydrogen-bond donors (Lipinski definition) is 0. The third kappa shape index (κ3) is 2.13. The molecule has 17 heavy (non-hydrogen) atoms. The highest BCUT2D eigenvalue weighted by Crippen LogP contribution is 2.29. The maximum atomic E-state index is 8.84. The smallest absolute Gasteiger partial charge is 0.257 e. The summed E-state index contributed by atoms with van der Waals surface area (Å²) in [7, 11) is 1.56. The molecule has 0 saturated heterocycles. The second kappa shape index (κ2) is 4.71. The van der Waals surface area contributed by atoms with Gasteiger partial charge >= 0.3 is 0 Å². The van der Waals surface area contributed by atoms with Crippen molar-refractivity contribution in [2.45, 2.75) is 6.92 Å². The van der Waals surface area contributed by atoms with Gasteiger partial charge in [-0.05, 0) is 31.2 Å². The molecule has 4 nitrogen and oxygen atoms in total. The highest BCUT2D eigenvalue weighted by molar-refractivity contribution is 5.82. The van der Waals surface area contributed by atoms with E-state index in [2.05, 4.69) is 11.1 Å². The fraction of sp³-hybridized carbons (Fsp3) is 0.231. The van der Waals surface area contributed by atoms with Crippen LogP contribution in [0.1, 0.15) is 12.5 Å². The van der Waals surface area contributed by atoms with Crippen molar-refractivity contribution in [3.63, 3.8) is 0 Å². The van der Waals surface area contributed by atoms with Crippen LogP contribution in [-0.4, -0.2) is 18.7 Å². The Labute approximate surface area is 99.4 Å². The lowest BCUT2D eigenvalue weighted by atomic mass is 10.1. The summed E-state index contributed by atoms with van der Waals surface area (Å²) in [6, 6.07) is 9.25. The minimum absolute atomic E-state index is 0.462. The van der Waals surface area contributed by atoms with Crippen molar-refractivity contribution in [1.29, 1.82) is 5.26 Å². The number of methoxy groups -OCH3 is 1. The van der Waals surface area contributed by atoms with Crippen molar-refractivity contribution in [2.24, 2.45) is 0 Å². The third-order valence-corrected chi connectivity index (χ3v) is 2.37. The largest absolute Gasteiger partial charge is 0.488 e. The third-order valence-electron chi connectivity index (χ3n) is 2.37. The number of hydrogen-bond acceptors (Lipinski definition) is 4. The summed E-state index contributed by atoms with van der Waals surface area (Å²) >= 11 is 0. The summed E-state index contributed by atoms with van der Waals surface area (Å²) < 4.78 is 10.6. The van der Waals surface area contributed by atoms with Gasteiger partial charge in [0.2, 0.25) is 0 Å². The normalized spacial score (nSPS) is 9.94. The fourth-order valence-electron chi connectivity index (χ4n) is 1.61. The Balaban J connectivity index is 2.62. The average molecular weight is 228 g/mol. The second-order valence-electron chi connectivity index (χ2n) is 3.45.